The number of fused-ring (bicyclic) bond motifs is 1. The number of hydrogen-bond acceptors (Lipinski definition) is 5. The maximum Gasteiger partial charge on any atom is 0.274 e. The second-order valence-electron chi connectivity index (χ2n) is 10.5. The van der Waals surface area contributed by atoms with E-state index in [0.717, 1.165) is 5.56 Å². The van der Waals surface area contributed by atoms with Crippen molar-refractivity contribution in [1.29, 1.82) is 0 Å². The molecule has 1 atom stereocenters. The molecule has 41 heavy (non-hydrogen) atoms. The van der Waals surface area contributed by atoms with Gasteiger partial charge in [0.1, 0.15) is 5.82 Å². The highest BCUT2D eigenvalue weighted by atomic mass is 35.5. The Morgan fingerprint density at radius 3 is 2.61 bits per heavy atom. The Morgan fingerprint density at radius 1 is 1.20 bits per heavy atom. The van der Waals surface area contributed by atoms with E-state index in [-0.39, 0.29) is 23.6 Å². The lowest BCUT2D eigenvalue weighted by Crippen LogP contribution is -2.53. The molecular formula is C32H31ClN6O2. The van der Waals surface area contributed by atoms with E-state index in [2.05, 4.69) is 30.3 Å². The van der Waals surface area contributed by atoms with Gasteiger partial charge in [0.2, 0.25) is 5.91 Å². The molecule has 2 aromatic heterocycles. The van der Waals surface area contributed by atoms with Crippen molar-refractivity contribution in [3.63, 3.8) is 0 Å². The van der Waals surface area contributed by atoms with Crippen molar-refractivity contribution >= 4 is 45.6 Å². The van der Waals surface area contributed by atoms with Crippen molar-refractivity contribution < 1.29 is 4.79 Å². The lowest BCUT2D eigenvalue weighted by Gasteiger charge is -2.42. The van der Waals surface area contributed by atoms with Crippen molar-refractivity contribution in [3.05, 3.63) is 99.6 Å². The van der Waals surface area contributed by atoms with Gasteiger partial charge in [-0.2, -0.15) is 0 Å². The topological polar surface area (TPSA) is 88.8 Å². The van der Waals surface area contributed by atoms with Crippen molar-refractivity contribution in [2.24, 2.45) is 0 Å². The fraction of sp³-hybridized carbons (Fsp3) is 0.250. The summed E-state index contributed by atoms with van der Waals surface area (Å²) in [5.74, 6) is 0.336. The van der Waals surface area contributed by atoms with Gasteiger partial charge in [-0.3, -0.25) is 14.2 Å². The molecule has 4 aromatic rings. The van der Waals surface area contributed by atoms with Crippen LogP contribution in [0.5, 0.6) is 0 Å². The highest BCUT2D eigenvalue weighted by Crippen LogP contribution is 2.42. The number of nitrogens with zero attached hydrogens (tertiary/aromatic N) is 5. The smallest absolute Gasteiger partial charge is 0.274 e. The largest absolute Gasteiger partial charge is 0.384 e. The minimum atomic E-state index is -0.416. The molecule has 1 saturated heterocycles. The molecular weight excluding hydrogens is 536 g/mol. The number of benzene rings is 2. The molecule has 1 amide bonds. The Kier molecular flexibility index (Phi) is 7.57. The predicted octanol–water partition coefficient (Wildman–Crippen LogP) is 6.19. The number of aromatic nitrogens is 2. The van der Waals surface area contributed by atoms with Crippen LogP contribution in [0.1, 0.15) is 32.3 Å². The number of nitrogens with two attached hydrogens (primary N) is 1. The first-order valence-electron chi connectivity index (χ1n) is 13.5. The number of piperazine rings is 1. The SMILES string of the molecule is [C-]#[N+]c1c(N2CCN(C(=O)C=C)C[C@@H]2C)c2cc(Cl)c(-c3cccc(N)n3)cc2n(-c2ccccc2C(C)C)c1=O. The Balaban J connectivity index is 1.86. The van der Waals surface area contributed by atoms with Crippen LogP contribution in [0.25, 0.3) is 32.7 Å². The van der Waals surface area contributed by atoms with Crippen LogP contribution < -0.4 is 16.2 Å². The minimum absolute atomic E-state index is 0.0114. The number of para-hydroxylation sites is 1. The Bertz CT molecular complexity index is 1790. The van der Waals surface area contributed by atoms with Gasteiger partial charge in [-0.15, -0.1) is 0 Å². The summed E-state index contributed by atoms with van der Waals surface area (Å²) in [7, 11) is 0. The van der Waals surface area contributed by atoms with Gasteiger partial charge in [-0.1, -0.05) is 56.3 Å². The van der Waals surface area contributed by atoms with Crippen LogP contribution in [0.15, 0.2) is 72.0 Å². The van der Waals surface area contributed by atoms with Crippen molar-refractivity contribution in [1.82, 2.24) is 14.5 Å². The lowest BCUT2D eigenvalue weighted by atomic mass is 9.99. The summed E-state index contributed by atoms with van der Waals surface area (Å²) >= 11 is 6.91. The molecule has 0 bridgehead atoms. The molecule has 9 heteroatoms. The number of carbonyl (C=O) groups is 1. The first kappa shape index (κ1) is 27.9. The average molecular weight is 567 g/mol. The molecule has 1 aliphatic heterocycles. The number of amides is 1. The highest BCUT2D eigenvalue weighted by molar-refractivity contribution is 6.34. The van der Waals surface area contributed by atoms with E-state index >= 15 is 0 Å². The zero-order valence-electron chi connectivity index (χ0n) is 23.3. The Labute approximate surface area is 244 Å². The van der Waals surface area contributed by atoms with Crippen LogP contribution >= 0.6 is 11.6 Å². The number of halogens is 1. The zero-order valence-corrected chi connectivity index (χ0v) is 24.0. The maximum absolute atomic E-state index is 14.3. The van der Waals surface area contributed by atoms with Gasteiger partial charge in [0, 0.05) is 36.6 Å². The Hall–Kier alpha value is -4.61. The summed E-state index contributed by atoms with van der Waals surface area (Å²) in [4.78, 5) is 38.7. The molecule has 3 heterocycles. The molecule has 0 saturated carbocycles. The number of rotatable bonds is 5. The van der Waals surface area contributed by atoms with Gasteiger partial charge in [-0.05, 0) is 54.8 Å². The van der Waals surface area contributed by atoms with Gasteiger partial charge in [-0.25, -0.2) is 9.83 Å². The van der Waals surface area contributed by atoms with Gasteiger partial charge in [0.25, 0.3) is 11.2 Å². The standard InChI is InChI=1S/C32H31ClN6O2/c1-6-29(40)37-14-15-38(20(4)18-37)31-23-16-24(33)22(25-11-9-13-28(34)36-25)17-27(23)39(32(41)30(31)35-5)26-12-8-7-10-21(26)19(2)3/h6-13,16-17,19-20H,1,14-15,18H2,2-4H3,(H2,34,36)/t20-/m0/s1. The van der Waals surface area contributed by atoms with Crippen LogP contribution in [0.3, 0.4) is 0 Å². The zero-order chi connectivity index (χ0) is 29.4. The van der Waals surface area contributed by atoms with E-state index in [4.69, 9.17) is 23.9 Å². The lowest BCUT2D eigenvalue weighted by molar-refractivity contribution is -0.126. The number of pyridine rings is 2. The molecule has 0 aliphatic carbocycles. The number of carbonyl (C=O) groups excluding carboxylic acids is 1. The van der Waals surface area contributed by atoms with E-state index in [0.29, 0.717) is 64.0 Å². The summed E-state index contributed by atoms with van der Waals surface area (Å²) in [5, 5.41) is 1.09. The summed E-state index contributed by atoms with van der Waals surface area (Å²) in [5.41, 5.74) is 9.59. The highest BCUT2D eigenvalue weighted by Gasteiger charge is 2.31. The van der Waals surface area contributed by atoms with Crippen LogP contribution in [-0.4, -0.2) is 46.0 Å². The monoisotopic (exact) mass is 566 g/mol. The van der Waals surface area contributed by atoms with E-state index in [1.54, 1.807) is 21.6 Å². The molecule has 5 rings (SSSR count). The second-order valence-corrected chi connectivity index (χ2v) is 10.9. The van der Waals surface area contributed by atoms with Gasteiger partial charge in [0.15, 0.2) is 0 Å². The predicted molar refractivity (Wildman–Crippen MR) is 166 cm³/mol. The van der Waals surface area contributed by atoms with Gasteiger partial charge in [0.05, 0.1) is 34.2 Å². The molecule has 1 aliphatic rings. The minimum Gasteiger partial charge on any atom is -0.384 e. The normalized spacial score (nSPS) is 15.3. The van der Waals surface area contributed by atoms with E-state index in [1.807, 2.05) is 54.3 Å². The van der Waals surface area contributed by atoms with E-state index < -0.39 is 5.56 Å². The second kappa shape index (κ2) is 11.1. The molecule has 2 N–H and O–H groups in total. The quantitative estimate of drug-likeness (QED) is 0.230. The van der Waals surface area contributed by atoms with Crippen LogP contribution in [0.4, 0.5) is 17.2 Å². The third-order valence-corrected chi connectivity index (χ3v) is 7.88. The first-order valence-corrected chi connectivity index (χ1v) is 13.8. The van der Waals surface area contributed by atoms with Gasteiger partial charge >= 0.3 is 0 Å². The summed E-state index contributed by atoms with van der Waals surface area (Å²) < 4.78 is 1.62. The molecule has 0 unspecified atom stereocenters. The molecule has 0 spiro atoms. The average Bonchev–Trinajstić information content (AvgIpc) is 2.96. The fourth-order valence-corrected chi connectivity index (χ4v) is 5.87. The molecule has 8 nitrogen and oxygen atoms in total. The third kappa shape index (κ3) is 4.94. The van der Waals surface area contributed by atoms with E-state index in [1.165, 1.54) is 6.08 Å². The number of nitrogen functional groups attached to an aromatic ring is 1. The molecule has 1 fully saturated rings. The maximum atomic E-state index is 14.3. The van der Waals surface area contributed by atoms with Crippen LogP contribution in [0, 0.1) is 6.57 Å². The first-order chi connectivity index (χ1) is 19.7. The molecule has 2 aromatic carbocycles. The van der Waals surface area contributed by atoms with Crippen LogP contribution in [-0.2, 0) is 4.79 Å². The third-order valence-electron chi connectivity index (χ3n) is 7.57. The molecule has 208 valence electrons. The summed E-state index contributed by atoms with van der Waals surface area (Å²) in [6.45, 7) is 19.2. The summed E-state index contributed by atoms with van der Waals surface area (Å²) in [6, 6.07) is 16.6. The van der Waals surface area contributed by atoms with Crippen molar-refractivity contribution in [3.8, 4) is 16.9 Å². The number of anilines is 2. The van der Waals surface area contributed by atoms with Crippen LogP contribution in [0.2, 0.25) is 5.02 Å². The van der Waals surface area contributed by atoms with Crippen molar-refractivity contribution in [2.75, 3.05) is 30.3 Å². The summed E-state index contributed by atoms with van der Waals surface area (Å²) in [6.07, 6.45) is 1.31. The molecule has 0 radical (unpaired) electrons. The number of hydrogen-bond donors (Lipinski definition) is 1. The van der Waals surface area contributed by atoms with Gasteiger partial charge < -0.3 is 15.5 Å². The van der Waals surface area contributed by atoms with E-state index in [9.17, 15) is 9.59 Å². The Morgan fingerprint density at radius 2 is 1.95 bits per heavy atom. The van der Waals surface area contributed by atoms with Crippen molar-refractivity contribution in [2.45, 2.75) is 32.7 Å². The fourth-order valence-electron chi connectivity index (χ4n) is 5.61.